The van der Waals surface area contributed by atoms with Crippen LogP contribution in [0.15, 0.2) is 54.6 Å². The monoisotopic (exact) mass is 380 g/mol. The van der Waals surface area contributed by atoms with Gasteiger partial charge in [-0.1, -0.05) is 30.3 Å². The van der Waals surface area contributed by atoms with Crippen LogP contribution in [0.1, 0.15) is 35.2 Å². The Kier molecular flexibility index (Phi) is 5.05. The average Bonchev–Trinajstić information content (AvgIpc) is 3.03. The maximum atomic E-state index is 12.7. The van der Waals surface area contributed by atoms with Crippen molar-refractivity contribution in [3.05, 3.63) is 65.7 Å². The Hall–Kier alpha value is -2.86. The van der Waals surface area contributed by atoms with Crippen LogP contribution >= 0.6 is 0 Å². The smallest absolute Gasteiger partial charge is 0.253 e. The van der Waals surface area contributed by atoms with Crippen molar-refractivity contribution in [2.75, 3.05) is 20.2 Å². The molecule has 4 rings (SSSR count). The molecule has 2 fully saturated rings. The Morgan fingerprint density at radius 3 is 2.39 bits per heavy atom. The van der Waals surface area contributed by atoms with Crippen LogP contribution in [0, 0.1) is 0 Å². The number of hydrogen-bond donors (Lipinski definition) is 0. The summed E-state index contributed by atoms with van der Waals surface area (Å²) in [4.78, 5) is 33.1. The molecular weight excluding hydrogens is 356 g/mol. The van der Waals surface area contributed by atoms with E-state index in [2.05, 4.69) is 0 Å². The highest BCUT2D eigenvalue weighted by atomic mass is 16.7. The predicted molar refractivity (Wildman–Crippen MR) is 104 cm³/mol. The third kappa shape index (κ3) is 3.73. The van der Waals surface area contributed by atoms with E-state index < -0.39 is 5.60 Å². The summed E-state index contributed by atoms with van der Waals surface area (Å²) in [5.74, 6) is 0.743. The second-order valence-electron chi connectivity index (χ2n) is 7.39. The summed E-state index contributed by atoms with van der Waals surface area (Å²) in [6.07, 6.45) is 1.70. The van der Waals surface area contributed by atoms with Crippen molar-refractivity contribution < 1.29 is 19.2 Å². The van der Waals surface area contributed by atoms with E-state index in [9.17, 15) is 9.59 Å². The number of carbonyl (C=O) groups excluding carboxylic acids is 2. The molecular formula is C22H24N2O4. The van der Waals surface area contributed by atoms with E-state index in [1.165, 1.54) is 5.06 Å². The van der Waals surface area contributed by atoms with Gasteiger partial charge in [0.2, 0.25) is 5.91 Å². The second kappa shape index (κ2) is 7.64. The molecule has 0 N–H and O–H groups in total. The lowest BCUT2D eigenvalue weighted by Gasteiger charge is -2.37. The van der Waals surface area contributed by atoms with Crippen molar-refractivity contribution >= 4 is 11.8 Å². The first-order chi connectivity index (χ1) is 13.6. The minimum absolute atomic E-state index is 0.00275. The number of likely N-dealkylation sites (tertiary alicyclic amines) is 1. The van der Waals surface area contributed by atoms with Crippen molar-refractivity contribution in [3.63, 3.8) is 0 Å². The molecule has 0 bridgehead atoms. The minimum atomic E-state index is -0.484. The van der Waals surface area contributed by atoms with Gasteiger partial charge in [0, 0.05) is 18.7 Å². The quantitative estimate of drug-likeness (QED) is 0.818. The first-order valence-corrected chi connectivity index (χ1v) is 9.55. The van der Waals surface area contributed by atoms with Crippen LogP contribution in [0.4, 0.5) is 0 Å². The number of hydroxylamine groups is 2. The number of methoxy groups -OCH3 is 1. The van der Waals surface area contributed by atoms with Gasteiger partial charge in [0.1, 0.15) is 11.4 Å². The fourth-order valence-corrected chi connectivity index (χ4v) is 3.85. The molecule has 2 aromatic rings. The van der Waals surface area contributed by atoms with Gasteiger partial charge in [0.15, 0.2) is 0 Å². The highest BCUT2D eigenvalue weighted by molar-refractivity contribution is 5.94. The molecule has 2 aromatic carbocycles. The Balaban J connectivity index is 1.36. The topological polar surface area (TPSA) is 59.1 Å². The number of amides is 2. The van der Waals surface area contributed by atoms with Crippen LogP contribution < -0.4 is 4.74 Å². The second-order valence-corrected chi connectivity index (χ2v) is 7.39. The summed E-state index contributed by atoms with van der Waals surface area (Å²) in [5.41, 5.74) is 1.20. The van der Waals surface area contributed by atoms with Gasteiger partial charge in [-0.3, -0.25) is 14.4 Å². The largest absolute Gasteiger partial charge is 0.497 e. The van der Waals surface area contributed by atoms with E-state index in [-0.39, 0.29) is 11.8 Å². The Morgan fingerprint density at radius 2 is 1.75 bits per heavy atom. The molecule has 2 aliphatic heterocycles. The van der Waals surface area contributed by atoms with Gasteiger partial charge in [-0.2, -0.15) is 0 Å². The standard InChI is InChI=1S/C22H24N2O4/c1-27-19-9-7-18(8-10-19)21(26)23-13-11-22(12-14-23)15-20(25)24(28-22)16-17-5-3-2-4-6-17/h2-10H,11-16H2,1H3. The van der Waals surface area contributed by atoms with Gasteiger partial charge < -0.3 is 9.64 Å². The summed E-state index contributed by atoms with van der Waals surface area (Å²) in [5, 5.41) is 1.48. The van der Waals surface area contributed by atoms with Crippen LogP contribution in [0.3, 0.4) is 0 Å². The van der Waals surface area contributed by atoms with Gasteiger partial charge in [-0.25, -0.2) is 5.06 Å². The van der Waals surface area contributed by atoms with Gasteiger partial charge in [-0.05, 0) is 42.7 Å². The lowest BCUT2D eigenvalue weighted by molar-refractivity contribution is -0.213. The van der Waals surface area contributed by atoms with Crippen molar-refractivity contribution in [3.8, 4) is 5.75 Å². The van der Waals surface area contributed by atoms with Gasteiger partial charge in [0.05, 0.1) is 20.1 Å². The van der Waals surface area contributed by atoms with Crippen molar-refractivity contribution in [2.24, 2.45) is 0 Å². The van der Waals surface area contributed by atoms with E-state index in [4.69, 9.17) is 9.57 Å². The number of piperidine rings is 1. The summed E-state index contributed by atoms with van der Waals surface area (Å²) >= 11 is 0. The van der Waals surface area contributed by atoms with Gasteiger partial charge in [-0.15, -0.1) is 0 Å². The Morgan fingerprint density at radius 1 is 1.07 bits per heavy atom. The molecule has 0 atom stereocenters. The predicted octanol–water partition coefficient (Wildman–Crippen LogP) is 3.03. The number of rotatable bonds is 4. The number of nitrogens with zero attached hydrogens (tertiary/aromatic N) is 2. The molecule has 0 radical (unpaired) electrons. The Bertz CT molecular complexity index is 843. The lowest BCUT2D eigenvalue weighted by Crippen LogP contribution is -2.47. The summed E-state index contributed by atoms with van der Waals surface area (Å²) in [7, 11) is 1.60. The van der Waals surface area contributed by atoms with Crippen molar-refractivity contribution in [2.45, 2.75) is 31.4 Å². The molecule has 28 heavy (non-hydrogen) atoms. The van der Waals surface area contributed by atoms with Crippen LogP contribution in [0.5, 0.6) is 5.75 Å². The van der Waals surface area contributed by atoms with E-state index in [1.807, 2.05) is 35.2 Å². The normalized spacial score (nSPS) is 18.5. The number of hydrogen-bond acceptors (Lipinski definition) is 4. The van der Waals surface area contributed by atoms with E-state index in [1.54, 1.807) is 31.4 Å². The van der Waals surface area contributed by atoms with Gasteiger partial charge >= 0.3 is 0 Å². The van der Waals surface area contributed by atoms with Gasteiger partial charge in [0.25, 0.3) is 5.91 Å². The third-order valence-corrected chi connectivity index (χ3v) is 5.52. The van der Waals surface area contributed by atoms with E-state index >= 15 is 0 Å². The average molecular weight is 380 g/mol. The molecule has 146 valence electrons. The molecule has 0 unspecified atom stereocenters. The summed E-state index contributed by atoms with van der Waals surface area (Å²) < 4.78 is 5.14. The molecule has 2 amide bonds. The van der Waals surface area contributed by atoms with Crippen molar-refractivity contribution in [1.82, 2.24) is 9.96 Å². The number of benzene rings is 2. The fraction of sp³-hybridized carbons (Fsp3) is 0.364. The maximum Gasteiger partial charge on any atom is 0.253 e. The summed E-state index contributed by atoms with van der Waals surface area (Å²) in [6, 6.07) is 17.0. The fourth-order valence-electron chi connectivity index (χ4n) is 3.85. The van der Waals surface area contributed by atoms with Crippen LogP contribution in [-0.2, 0) is 16.2 Å². The molecule has 2 saturated heterocycles. The maximum absolute atomic E-state index is 12.7. The highest BCUT2D eigenvalue weighted by Gasteiger charge is 2.47. The zero-order chi connectivity index (χ0) is 19.6. The highest BCUT2D eigenvalue weighted by Crippen LogP contribution is 2.37. The van der Waals surface area contributed by atoms with E-state index in [0.717, 1.165) is 11.3 Å². The molecule has 0 saturated carbocycles. The molecule has 0 aliphatic carbocycles. The van der Waals surface area contributed by atoms with E-state index in [0.29, 0.717) is 44.5 Å². The number of ether oxygens (including phenoxy) is 1. The molecule has 2 heterocycles. The molecule has 0 aromatic heterocycles. The number of carbonyl (C=O) groups is 2. The van der Waals surface area contributed by atoms with Crippen molar-refractivity contribution in [1.29, 1.82) is 0 Å². The molecule has 1 spiro atoms. The minimum Gasteiger partial charge on any atom is -0.497 e. The first-order valence-electron chi connectivity index (χ1n) is 9.55. The lowest BCUT2D eigenvalue weighted by atomic mass is 9.88. The zero-order valence-corrected chi connectivity index (χ0v) is 16.0. The summed E-state index contributed by atoms with van der Waals surface area (Å²) in [6.45, 7) is 1.62. The third-order valence-electron chi connectivity index (χ3n) is 5.52. The Labute approximate surface area is 164 Å². The molecule has 6 heteroatoms. The van der Waals surface area contributed by atoms with Crippen LogP contribution in [0.2, 0.25) is 0 Å². The first kappa shape index (κ1) is 18.5. The van der Waals surface area contributed by atoms with Crippen LogP contribution in [0.25, 0.3) is 0 Å². The van der Waals surface area contributed by atoms with Crippen LogP contribution in [-0.4, -0.2) is 47.6 Å². The molecule has 6 nitrogen and oxygen atoms in total. The molecule has 2 aliphatic rings. The zero-order valence-electron chi connectivity index (χ0n) is 16.0. The SMILES string of the molecule is COc1ccc(C(=O)N2CCC3(CC2)CC(=O)N(Cc2ccccc2)O3)cc1.